The van der Waals surface area contributed by atoms with E-state index in [1.54, 1.807) is 24.1 Å². The van der Waals surface area contributed by atoms with Crippen molar-refractivity contribution in [3.8, 4) is 5.75 Å². The van der Waals surface area contributed by atoms with Crippen molar-refractivity contribution in [2.75, 3.05) is 13.7 Å². The summed E-state index contributed by atoms with van der Waals surface area (Å²) in [6.07, 6.45) is 0.592. The molecule has 1 N–H and O–H groups in total. The SMILES string of the molecule is CCNC(=O)[C@H](Cc1ccccc1)N(Cc1cccc(OC)c1)C(=O)Cc1ccc(Cl)cc1. The molecule has 0 spiro atoms. The maximum Gasteiger partial charge on any atom is 0.243 e. The zero-order valence-corrected chi connectivity index (χ0v) is 19.7. The molecule has 0 bridgehead atoms. The topological polar surface area (TPSA) is 58.6 Å². The first kappa shape index (κ1) is 24.3. The van der Waals surface area contributed by atoms with Crippen LogP contribution in [-0.2, 0) is 29.0 Å². The molecular weight excluding hydrogens is 436 g/mol. The normalized spacial score (nSPS) is 11.5. The van der Waals surface area contributed by atoms with Crippen molar-refractivity contribution in [3.63, 3.8) is 0 Å². The van der Waals surface area contributed by atoms with Gasteiger partial charge in [0, 0.05) is 24.5 Å². The fraction of sp³-hybridized carbons (Fsp3) is 0.259. The van der Waals surface area contributed by atoms with Crippen LogP contribution in [-0.4, -0.2) is 36.4 Å². The Labute approximate surface area is 200 Å². The van der Waals surface area contributed by atoms with Gasteiger partial charge in [-0.25, -0.2) is 0 Å². The minimum atomic E-state index is -0.654. The largest absolute Gasteiger partial charge is 0.497 e. The molecule has 3 aromatic rings. The minimum absolute atomic E-state index is 0.132. The number of ether oxygens (including phenoxy) is 1. The average molecular weight is 465 g/mol. The van der Waals surface area contributed by atoms with Gasteiger partial charge in [0.15, 0.2) is 0 Å². The van der Waals surface area contributed by atoms with E-state index in [9.17, 15) is 9.59 Å². The Morgan fingerprint density at radius 2 is 1.64 bits per heavy atom. The molecule has 0 aromatic heterocycles. The van der Waals surface area contributed by atoms with E-state index in [1.165, 1.54) is 0 Å². The molecule has 0 heterocycles. The van der Waals surface area contributed by atoms with Gasteiger partial charge < -0.3 is 15.0 Å². The van der Waals surface area contributed by atoms with E-state index in [0.717, 1.165) is 16.7 Å². The second kappa shape index (κ2) is 12.1. The molecule has 3 rings (SSSR count). The Kier molecular flexibility index (Phi) is 8.90. The van der Waals surface area contributed by atoms with Gasteiger partial charge in [0.1, 0.15) is 11.8 Å². The van der Waals surface area contributed by atoms with Crippen molar-refractivity contribution >= 4 is 23.4 Å². The molecule has 0 saturated carbocycles. The Hall–Kier alpha value is -3.31. The Morgan fingerprint density at radius 3 is 2.30 bits per heavy atom. The van der Waals surface area contributed by atoms with Gasteiger partial charge in [0.05, 0.1) is 13.5 Å². The molecule has 0 radical (unpaired) electrons. The Balaban J connectivity index is 1.95. The minimum Gasteiger partial charge on any atom is -0.497 e. The van der Waals surface area contributed by atoms with Crippen LogP contribution >= 0.6 is 11.6 Å². The van der Waals surface area contributed by atoms with Crippen molar-refractivity contribution in [2.45, 2.75) is 32.4 Å². The van der Waals surface area contributed by atoms with Crippen LogP contribution < -0.4 is 10.1 Å². The Bertz CT molecular complexity index is 1050. The van der Waals surface area contributed by atoms with Crippen molar-refractivity contribution in [1.29, 1.82) is 0 Å². The van der Waals surface area contributed by atoms with Crippen molar-refractivity contribution in [2.24, 2.45) is 0 Å². The quantitative estimate of drug-likeness (QED) is 0.474. The van der Waals surface area contributed by atoms with Crippen molar-refractivity contribution < 1.29 is 14.3 Å². The van der Waals surface area contributed by atoms with Gasteiger partial charge in [-0.1, -0.05) is 66.2 Å². The molecule has 0 saturated heterocycles. The van der Waals surface area contributed by atoms with Crippen LogP contribution in [0.3, 0.4) is 0 Å². The predicted octanol–water partition coefficient (Wildman–Crippen LogP) is 4.67. The molecule has 0 fully saturated rings. The van der Waals surface area contributed by atoms with Gasteiger partial charge in [-0.15, -0.1) is 0 Å². The summed E-state index contributed by atoms with van der Waals surface area (Å²) < 4.78 is 5.35. The number of carbonyl (C=O) groups excluding carboxylic acids is 2. The van der Waals surface area contributed by atoms with Gasteiger partial charge in [0.25, 0.3) is 0 Å². The van der Waals surface area contributed by atoms with E-state index < -0.39 is 6.04 Å². The molecule has 3 aromatic carbocycles. The average Bonchev–Trinajstić information content (AvgIpc) is 2.83. The number of hydrogen-bond acceptors (Lipinski definition) is 3. The van der Waals surface area contributed by atoms with Gasteiger partial charge >= 0.3 is 0 Å². The summed E-state index contributed by atoms with van der Waals surface area (Å²) in [7, 11) is 1.61. The number of rotatable bonds is 10. The summed E-state index contributed by atoms with van der Waals surface area (Å²) in [4.78, 5) is 28.4. The number of carbonyl (C=O) groups is 2. The molecule has 0 aliphatic carbocycles. The van der Waals surface area contributed by atoms with Crippen LogP contribution in [0.1, 0.15) is 23.6 Å². The van der Waals surface area contributed by atoms with Crippen molar-refractivity contribution in [1.82, 2.24) is 10.2 Å². The highest BCUT2D eigenvalue weighted by Gasteiger charge is 2.30. The van der Waals surface area contributed by atoms with Gasteiger partial charge in [0.2, 0.25) is 11.8 Å². The summed E-state index contributed by atoms with van der Waals surface area (Å²) in [5.41, 5.74) is 2.72. The lowest BCUT2D eigenvalue weighted by molar-refractivity contribution is -0.140. The lowest BCUT2D eigenvalue weighted by Gasteiger charge is -2.31. The number of amides is 2. The zero-order chi connectivity index (χ0) is 23.6. The molecular formula is C27H29ClN2O3. The molecule has 172 valence electrons. The number of nitrogens with one attached hydrogen (secondary N) is 1. The standard InChI is InChI=1S/C27H29ClN2O3/c1-3-29-27(32)25(17-20-8-5-4-6-9-20)30(19-22-10-7-11-24(16-22)33-2)26(31)18-21-12-14-23(28)15-13-21/h4-16,25H,3,17-19H2,1-2H3,(H,29,32)/t25-/m0/s1. The van der Waals surface area contributed by atoms with E-state index in [1.807, 2.05) is 73.7 Å². The zero-order valence-electron chi connectivity index (χ0n) is 19.0. The van der Waals surface area contributed by atoms with Crippen LogP contribution in [0.4, 0.5) is 0 Å². The van der Waals surface area contributed by atoms with Crippen LogP contribution in [0.25, 0.3) is 0 Å². The highest BCUT2D eigenvalue weighted by Crippen LogP contribution is 2.20. The number of methoxy groups -OCH3 is 1. The van der Waals surface area contributed by atoms with Crippen LogP contribution in [0.15, 0.2) is 78.9 Å². The first-order valence-corrected chi connectivity index (χ1v) is 11.4. The fourth-order valence-corrected chi connectivity index (χ4v) is 3.82. The van der Waals surface area contributed by atoms with E-state index >= 15 is 0 Å². The van der Waals surface area contributed by atoms with E-state index in [2.05, 4.69) is 5.32 Å². The molecule has 0 aliphatic rings. The number of hydrogen-bond donors (Lipinski definition) is 1. The summed E-state index contributed by atoms with van der Waals surface area (Å²) >= 11 is 6.00. The van der Waals surface area contributed by atoms with E-state index in [-0.39, 0.29) is 24.8 Å². The van der Waals surface area contributed by atoms with Crippen LogP contribution in [0.5, 0.6) is 5.75 Å². The van der Waals surface area contributed by atoms with Crippen LogP contribution in [0.2, 0.25) is 5.02 Å². The summed E-state index contributed by atoms with van der Waals surface area (Å²) in [6, 6.07) is 23.9. The van der Waals surface area contributed by atoms with E-state index in [0.29, 0.717) is 23.7 Å². The number of halogens is 1. The van der Waals surface area contributed by atoms with Gasteiger partial charge in [-0.3, -0.25) is 9.59 Å². The molecule has 6 heteroatoms. The fourth-order valence-electron chi connectivity index (χ4n) is 3.69. The lowest BCUT2D eigenvalue weighted by Crippen LogP contribution is -2.50. The summed E-state index contributed by atoms with van der Waals surface area (Å²) in [6.45, 7) is 2.65. The third kappa shape index (κ3) is 7.09. The third-order valence-electron chi connectivity index (χ3n) is 5.38. The van der Waals surface area contributed by atoms with Crippen LogP contribution in [0, 0.1) is 0 Å². The third-order valence-corrected chi connectivity index (χ3v) is 5.63. The van der Waals surface area contributed by atoms with E-state index in [4.69, 9.17) is 16.3 Å². The summed E-state index contributed by atoms with van der Waals surface area (Å²) in [5.74, 6) is 0.399. The maximum absolute atomic E-state index is 13.6. The first-order chi connectivity index (χ1) is 16.0. The molecule has 0 aliphatic heterocycles. The highest BCUT2D eigenvalue weighted by molar-refractivity contribution is 6.30. The molecule has 5 nitrogen and oxygen atoms in total. The van der Waals surface area contributed by atoms with Gasteiger partial charge in [-0.2, -0.15) is 0 Å². The van der Waals surface area contributed by atoms with Gasteiger partial charge in [-0.05, 0) is 47.9 Å². The predicted molar refractivity (Wildman–Crippen MR) is 131 cm³/mol. The monoisotopic (exact) mass is 464 g/mol. The molecule has 33 heavy (non-hydrogen) atoms. The summed E-state index contributed by atoms with van der Waals surface area (Å²) in [5, 5.41) is 3.52. The lowest BCUT2D eigenvalue weighted by atomic mass is 10.0. The number of nitrogens with zero attached hydrogens (tertiary/aromatic N) is 1. The second-order valence-electron chi connectivity index (χ2n) is 7.78. The molecule has 2 amide bonds. The number of likely N-dealkylation sites (N-methyl/N-ethyl adjacent to an activating group) is 1. The molecule has 1 atom stereocenters. The first-order valence-electron chi connectivity index (χ1n) is 11.0. The highest BCUT2D eigenvalue weighted by atomic mass is 35.5. The smallest absolute Gasteiger partial charge is 0.243 e. The molecule has 0 unspecified atom stereocenters. The van der Waals surface area contributed by atoms with Crippen molar-refractivity contribution in [3.05, 3.63) is 101 Å². The Morgan fingerprint density at radius 1 is 0.939 bits per heavy atom. The second-order valence-corrected chi connectivity index (χ2v) is 8.21. The maximum atomic E-state index is 13.6. The number of benzene rings is 3.